The molecule has 0 radical (unpaired) electrons. The van der Waals surface area contributed by atoms with E-state index in [1.165, 1.54) is 42.7 Å². The summed E-state index contributed by atoms with van der Waals surface area (Å²) < 4.78 is 9.30. The summed E-state index contributed by atoms with van der Waals surface area (Å²) in [6.45, 7) is 0. The van der Waals surface area contributed by atoms with Gasteiger partial charge >= 0.3 is 0 Å². The highest BCUT2D eigenvalue weighted by Crippen LogP contribution is 2.54. The van der Waals surface area contributed by atoms with E-state index in [1.807, 2.05) is 18.2 Å². The topological polar surface area (TPSA) is 55.1 Å². The third-order valence-corrected chi connectivity index (χ3v) is 11.4. The van der Waals surface area contributed by atoms with Crippen LogP contribution in [0.15, 0.2) is 156 Å². The van der Waals surface area contributed by atoms with Crippen molar-refractivity contribution < 1.29 is 4.42 Å². The number of fused-ring (bicyclic) bond motifs is 10. The average molecular weight is 673 g/mol. The molecule has 240 valence electrons. The van der Waals surface area contributed by atoms with Gasteiger partial charge in [0.15, 0.2) is 17.5 Å². The monoisotopic (exact) mass is 672 g/mol. The first kappa shape index (κ1) is 28.5. The second-order valence-corrected chi connectivity index (χ2v) is 14.2. The van der Waals surface area contributed by atoms with E-state index in [2.05, 4.69) is 144 Å². The number of anilines is 2. The van der Waals surface area contributed by atoms with E-state index >= 15 is 0 Å². The highest BCUT2D eigenvalue weighted by molar-refractivity contribution is 7.25. The van der Waals surface area contributed by atoms with E-state index in [0.29, 0.717) is 17.5 Å². The zero-order valence-electron chi connectivity index (χ0n) is 27.3. The Balaban J connectivity index is 1.12. The second-order valence-electron chi connectivity index (χ2n) is 13.1. The number of nitrogens with zero attached hydrogens (tertiary/aromatic N) is 4. The third kappa shape index (κ3) is 4.30. The lowest BCUT2D eigenvalue weighted by Gasteiger charge is -2.30. The van der Waals surface area contributed by atoms with E-state index < -0.39 is 0 Å². The summed E-state index contributed by atoms with van der Waals surface area (Å²) in [6.07, 6.45) is 4.45. The number of thiophene rings is 1. The highest BCUT2D eigenvalue weighted by Gasteiger charge is 2.43. The Morgan fingerprint density at radius 2 is 1.24 bits per heavy atom. The van der Waals surface area contributed by atoms with Crippen molar-refractivity contribution in [3.63, 3.8) is 0 Å². The minimum Gasteiger partial charge on any atom is -0.456 e. The fourth-order valence-corrected chi connectivity index (χ4v) is 9.28. The Morgan fingerprint density at radius 1 is 0.569 bits per heavy atom. The summed E-state index contributed by atoms with van der Waals surface area (Å²) >= 11 is 1.79. The molecule has 9 aromatic rings. The van der Waals surface area contributed by atoms with Gasteiger partial charge in [-0.1, -0.05) is 115 Å². The molecule has 0 saturated carbocycles. The number of benzene rings is 6. The van der Waals surface area contributed by atoms with Crippen LogP contribution in [0.2, 0.25) is 0 Å². The van der Waals surface area contributed by atoms with E-state index in [1.54, 1.807) is 11.3 Å². The molecule has 11 rings (SSSR count). The number of furan rings is 1. The number of hydrogen-bond donors (Lipinski definition) is 0. The van der Waals surface area contributed by atoms with Crippen molar-refractivity contribution in [2.45, 2.75) is 12.0 Å². The molecule has 2 unspecified atom stereocenters. The van der Waals surface area contributed by atoms with Gasteiger partial charge in [-0.2, -0.15) is 0 Å². The van der Waals surface area contributed by atoms with Crippen LogP contribution in [0.5, 0.6) is 0 Å². The maximum atomic E-state index is 6.84. The minimum atomic E-state index is 0.108. The van der Waals surface area contributed by atoms with Gasteiger partial charge in [-0.25, -0.2) is 15.0 Å². The van der Waals surface area contributed by atoms with Gasteiger partial charge in [-0.3, -0.25) is 0 Å². The molecule has 51 heavy (non-hydrogen) atoms. The zero-order valence-corrected chi connectivity index (χ0v) is 28.1. The molecule has 6 aromatic carbocycles. The molecule has 0 N–H and O–H groups in total. The molecule has 3 aromatic heterocycles. The first-order valence-electron chi connectivity index (χ1n) is 17.2. The van der Waals surface area contributed by atoms with Crippen LogP contribution in [-0.4, -0.2) is 21.0 Å². The molecule has 2 atom stereocenters. The van der Waals surface area contributed by atoms with E-state index in [4.69, 9.17) is 19.4 Å². The number of aromatic nitrogens is 3. The van der Waals surface area contributed by atoms with Crippen LogP contribution in [0.4, 0.5) is 11.4 Å². The Morgan fingerprint density at radius 3 is 2.12 bits per heavy atom. The van der Waals surface area contributed by atoms with Crippen molar-refractivity contribution in [3.05, 3.63) is 169 Å². The molecular weight excluding hydrogens is 645 g/mol. The van der Waals surface area contributed by atoms with Gasteiger partial charge in [0.1, 0.15) is 11.3 Å². The predicted molar refractivity (Wildman–Crippen MR) is 208 cm³/mol. The molecule has 0 saturated heterocycles. The lowest BCUT2D eigenvalue weighted by atomic mass is 9.82. The Bertz CT molecular complexity index is 2840. The van der Waals surface area contributed by atoms with Gasteiger partial charge in [0.25, 0.3) is 0 Å². The first-order chi connectivity index (χ1) is 25.3. The molecule has 4 heterocycles. The van der Waals surface area contributed by atoms with Crippen molar-refractivity contribution in [2.75, 3.05) is 4.90 Å². The zero-order chi connectivity index (χ0) is 33.5. The molecule has 0 fully saturated rings. The van der Waals surface area contributed by atoms with Crippen LogP contribution >= 0.6 is 11.3 Å². The summed E-state index contributed by atoms with van der Waals surface area (Å²) in [7, 11) is 0. The molecule has 0 amide bonds. The second kappa shape index (κ2) is 11.1. The molecule has 0 spiro atoms. The van der Waals surface area contributed by atoms with Crippen LogP contribution in [0.3, 0.4) is 0 Å². The lowest BCUT2D eigenvalue weighted by molar-refractivity contribution is 0.584. The van der Waals surface area contributed by atoms with Gasteiger partial charge in [0, 0.05) is 59.5 Å². The van der Waals surface area contributed by atoms with Gasteiger partial charge in [0.2, 0.25) is 0 Å². The number of rotatable bonds is 4. The summed E-state index contributed by atoms with van der Waals surface area (Å²) in [6, 6.07) is 51.0. The molecule has 6 heteroatoms. The number of hydrogen-bond acceptors (Lipinski definition) is 6. The summed E-state index contributed by atoms with van der Waals surface area (Å²) in [5.41, 5.74) is 8.48. The maximum absolute atomic E-state index is 6.84. The fraction of sp³-hybridized carbons (Fsp3) is 0.0444. The van der Waals surface area contributed by atoms with Crippen LogP contribution < -0.4 is 4.90 Å². The highest BCUT2D eigenvalue weighted by atomic mass is 32.1. The van der Waals surface area contributed by atoms with Crippen LogP contribution in [-0.2, 0) is 0 Å². The van der Waals surface area contributed by atoms with Crippen molar-refractivity contribution in [3.8, 4) is 34.2 Å². The van der Waals surface area contributed by atoms with Crippen LogP contribution in [0.1, 0.15) is 22.8 Å². The Kier molecular flexibility index (Phi) is 6.18. The van der Waals surface area contributed by atoms with Gasteiger partial charge < -0.3 is 9.32 Å². The van der Waals surface area contributed by atoms with Crippen molar-refractivity contribution in [1.82, 2.24) is 15.0 Å². The maximum Gasteiger partial charge on any atom is 0.167 e. The van der Waals surface area contributed by atoms with Crippen molar-refractivity contribution in [2.24, 2.45) is 0 Å². The SMILES string of the molecule is C1=CC2C(c3ccccc3N2c2ccccc2)c2c1oc1c(-c3nc(-c4ccccc4)nc(-c4cccc5sc6ccccc6c45)n3)cccc21. The average Bonchev–Trinajstić information content (AvgIpc) is 3.88. The largest absolute Gasteiger partial charge is 0.456 e. The molecule has 1 aliphatic carbocycles. The van der Waals surface area contributed by atoms with Gasteiger partial charge in [-0.05, 0) is 48.0 Å². The normalized spacial score (nSPS) is 16.1. The van der Waals surface area contributed by atoms with Crippen molar-refractivity contribution >= 4 is 59.9 Å². The first-order valence-corrected chi connectivity index (χ1v) is 18.0. The standard InChI is InChI=1S/C45H28N4OS/c1-3-13-27(14-4-1)43-46-44(32-20-12-24-38-39(32)30-18-8-10-23-37(30)51-38)48-45(47-43)33-21-11-19-31-41-36(50-42(31)33)26-25-35-40(41)29-17-7-9-22-34(29)49(35)28-15-5-2-6-16-28/h1-26,35,40H. The Hall–Kier alpha value is -6.37. The van der Waals surface area contributed by atoms with Gasteiger partial charge in [0.05, 0.1) is 11.6 Å². The van der Waals surface area contributed by atoms with Gasteiger partial charge in [-0.15, -0.1) is 11.3 Å². The minimum absolute atomic E-state index is 0.108. The van der Waals surface area contributed by atoms with E-state index in [0.717, 1.165) is 33.4 Å². The molecule has 1 aliphatic heterocycles. The molecule has 5 nitrogen and oxygen atoms in total. The van der Waals surface area contributed by atoms with E-state index in [9.17, 15) is 0 Å². The lowest BCUT2D eigenvalue weighted by Crippen LogP contribution is -2.30. The number of para-hydroxylation sites is 3. The smallest absolute Gasteiger partial charge is 0.167 e. The summed E-state index contributed by atoms with van der Waals surface area (Å²) in [4.78, 5) is 18.0. The van der Waals surface area contributed by atoms with Crippen LogP contribution in [0.25, 0.3) is 71.4 Å². The quantitative estimate of drug-likeness (QED) is 0.186. The summed E-state index contributed by atoms with van der Waals surface area (Å²) in [5.74, 6) is 2.85. The Labute approximate surface area is 297 Å². The van der Waals surface area contributed by atoms with Crippen LogP contribution in [0, 0.1) is 0 Å². The molecular formula is C45H28N4OS. The van der Waals surface area contributed by atoms with Crippen molar-refractivity contribution in [1.29, 1.82) is 0 Å². The molecule has 2 aliphatic rings. The van der Waals surface area contributed by atoms with E-state index in [-0.39, 0.29) is 12.0 Å². The predicted octanol–water partition coefficient (Wildman–Crippen LogP) is 11.7. The summed E-state index contributed by atoms with van der Waals surface area (Å²) in [5, 5.41) is 3.46. The fourth-order valence-electron chi connectivity index (χ4n) is 8.14. The third-order valence-electron chi connectivity index (χ3n) is 10.3. The molecule has 0 bridgehead atoms.